The van der Waals surface area contributed by atoms with Gasteiger partial charge in [-0.15, -0.1) is 0 Å². The van der Waals surface area contributed by atoms with E-state index in [1.54, 1.807) is 0 Å². The topological polar surface area (TPSA) is 58.6 Å². The van der Waals surface area contributed by atoms with Crippen molar-refractivity contribution in [2.24, 2.45) is 34.5 Å². The van der Waals surface area contributed by atoms with Crippen molar-refractivity contribution in [2.75, 3.05) is 20.2 Å². The van der Waals surface area contributed by atoms with E-state index in [9.17, 15) is 9.59 Å². The number of rotatable bonds is 5. The fourth-order valence-corrected chi connectivity index (χ4v) is 8.37. The number of nitrogens with one attached hydrogen (secondary N) is 1. The van der Waals surface area contributed by atoms with Crippen molar-refractivity contribution >= 4 is 11.8 Å². The average molecular weight is 465 g/mol. The Kier molecular flexibility index (Phi) is 6.02. The Labute approximate surface area is 204 Å². The summed E-state index contributed by atoms with van der Waals surface area (Å²) in [6.07, 6.45) is 11.3. The van der Waals surface area contributed by atoms with Crippen LogP contribution in [0, 0.1) is 34.5 Å². The van der Waals surface area contributed by atoms with Crippen molar-refractivity contribution in [2.45, 2.75) is 65.3 Å². The lowest BCUT2D eigenvalue weighted by molar-refractivity contribution is -0.138. The summed E-state index contributed by atoms with van der Waals surface area (Å²) in [5, 5.41) is 3.25. The van der Waals surface area contributed by atoms with E-state index < -0.39 is 0 Å². The Hall–Kier alpha value is -2.30. The van der Waals surface area contributed by atoms with Gasteiger partial charge in [0.2, 0.25) is 5.91 Å². The van der Waals surface area contributed by atoms with Crippen molar-refractivity contribution in [1.29, 1.82) is 0 Å². The van der Waals surface area contributed by atoms with Gasteiger partial charge in [0.15, 0.2) is 0 Å². The smallest absolute Gasteiger partial charge is 0.251 e. The average Bonchev–Trinajstić information content (AvgIpc) is 3.17. The number of carbonyl (C=O) groups excluding carboxylic acids is 2. The number of fused-ring (bicyclic) bond motifs is 5. The minimum atomic E-state index is 0.0110. The summed E-state index contributed by atoms with van der Waals surface area (Å²) in [5.74, 6) is 3.58. The van der Waals surface area contributed by atoms with Gasteiger partial charge >= 0.3 is 0 Å². The standard InChI is InChI=1S/C29H40N2O3/c1-5-34-21-9-6-19(7-10-21)27(33)30-18-20-8-12-23-22-11-13-25-29(3,17-15-26(32)31(25)4)24(22)14-16-28(20,23)2/h6-7,9-10,15,17,20,22-25H,5,8,11-14,16,18H2,1-4H3,(H,30,33)/t20?,22-,23-,24+,25?,28+,29+/m0/s1. The van der Waals surface area contributed by atoms with Gasteiger partial charge in [0.05, 0.1) is 6.61 Å². The van der Waals surface area contributed by atoms with Crippen LogP contribution in [0.25, 0.3) is 0 Å². The Morgan fingerprint density at radius 3 is 2.59 bits per heavy atom. The zero-order chi connectivity index (χ0) is 24.1. The predicted molar refractivity (Wildman–Crippen MR) is 134 cm³/mol. The molecule has 5 rings (SSSR count). The molecule has 4 aliphatic rings. The van der Waals surface area contributed by atoms with Gasteiger partial charge in [-0.3, -0.25) is 9.59 Å². The molecule has 0 aromatic heterocycles. The summed E-state index contributed by atoms with van der Waals surface area (Å²) >= 11 is 0. The molecule has 0 saturated heterocycles. The Balaban J connectivity index is 1.26. The third-order valence-electron chi connectivity index (χ3n) is 10.3. The van der Waals surface area contributed by atoms with Crippen LogP contribution in [-0.4, -0.2) is 43.0 Å². The van der Waals surface area contributed by atoms with E-state index in [0.29, 0.717) is 36.0 Å². The Morgan fingerprint density at radius 1 is 1.09 bits per heavy atom. The zero-order valence-electron chi connectivity index (χ0n) is 21.2. The molecular weight excluding hydrogens is 424 g/mol. The summed E-state index contributed by atoms with van der Waals surface area (Å²) in [7, 11) is 1.99. The number of benzene rings is 1. The molecule has 0 bridgehead atoms. The largest absolute Gasteiger partial charge is 0.494 e. The van der Waals surface area contributed by atoms with Gasteiger partial charge < -0.3 is 15.0 Å². The molecule has 2 amide bonds. The molecule has 3 fully saturated rings. The summed E-state index contributed by atoms with van der Waals surface area (Å²) in [4.78, 5) is 27.1. The fourth-order valence-electron chi connectivity index (χ4n) is 8.37. The highest BCUT2D eigenvalue weighted by molar-refractivity contribution is 5.94. The first-order valence-electron chi connectivity index (χ1n) is 13.2. The fraction of sp³-hybridized carbons (Fsp3) is 0.655. The first-order chi connectivity index (χ1) is 16.3. The normalized spacial score (nSPS) is 38.6. The lowest BCUT2D eigenvalue weighted by Crippen LogP contribution is -2.59. The van der Waals surface area contributed by atoms with E-state index in [4.69, 9.17) is 4.74 Å². The Bertz CT molecular complexity index is 972. The van der Waals surface area contributed by atoms with E-state index in [-0.39, 0.29) is 22.6 Å². The zero-order valence-corrected chi connectivity index (χ0v) is 21.2. The van der Waals surface area contributed by atoms with E-state index in [2.05, 4.69) is 25.2 Å². The molecule has 5 nitrogen and oxygen atoms in total. The van der Waals surface area contributed by atoms with Gasteiger partial charge in [-0.05, 0) is 105 Å². The summed E-state index contributed by atoms with van der Waals surface area (Å²) in [6.45, 7) is 8.24. The summed E-state index contributed by atoms with van der Waals surface area (Å²) in [6, 6.07) is 7.77. The molecule has 1 N–H and O–H groups in total. The Morgan fingerprint density at radius 2 is 1.85 bits per heavy atom. The van der Waals surface area contributed by atoms with Gasteiger partial charge in [-0.1, -0.05) is 19.9 Å². The maximum Gasteiger partial charge on any atom is 0.251 e. The third-order valence-corrected chi connectivity index (χ3v) is 10.3. The van der Waals surface area contributed by atoms with E-state index in [0.717, 1.165) is 24.6 Å². The van der Waals surface area contributed by atoms with Crippen LogP contribution >= 0.6 is 0 Å². The molecule has 1 aliphatic heterocycles. The molecule has 3 saturated carbocycles. The highest BCUT2D eigenvalue weighted by atomic mass is 16.5. The minimum Gasteiger partial charge on any atom is -0.494 e. The second-order valence-electron chi connectivity index (χ2n) is 11.6. The molecule has 184 valence electrons. The van der Waals surface area contributed by atoms with Crippen LogP contribution in [0.5, 0.6) is 5.75 Å². The maximum atomic E-state index is 12.8. The molecule has 5 heteroatoms. The van der Waals surface area contributed by atoms with Crippen LogP contribution < -0.4 is 10.1 Å². The number of carbonyl (C=O) groups is 2. The van der Waals surface area contributed by atoms with Crippen molar-refractivity contribution in [3.8, 4) is 5.75 Å². The minimum absolute atomic E-state index is 0.0110. The highest BCUT2D eigenvalue weighted by Crippen LogP contribution is 2.65. The number of hydrogen-bond acceptors (Lipinski definition) is 3. The lowest BCUT2D eigenvalue weighted by atomic mass is 9.47. The molecule has 1 aromatic carbocycles. The number of amides is 2. The van der Waals surface area contributed by atoms with Gasteiger partial charge in [-0.25, -0.2) is 0 Å². The molecule has 3 aliphatic carbocycles. The number of ether oxygens (including phenoxy) is 1. The van der Waals surface area contributed by atoms with Crippen LogP contribution in [0.3, 0.4) is 0 Å². The maximum absolute atomic E-state index is 12.8. The van der Waals surface area contributed by atoms with E-state index in [1.807, 2.05) is 49.2 Å². The van der Waals surface area contributed by atoms with Gasteiger partial charge in [0.25, 0.3) is 5.91 Å². The quantitative estimate of drug-likeness (QED) is 0.662. The van der Waals surface area contributed by atoms with Crippen LogP contribution in [0.4, 0.5) is 0 Å². The number of nitrogens with zero attached hydrogens (tertiary/aromatic N) is 1. The monoisotopic (exact) mass is 464 g/mol. The lowest BCUT2D eigenvalue weighted by Gasteiger charge is -2.60. The van der Waals surface area contributed by atoms with Gasteiger partial charge in [0, 0.05) is 30.6 Å². The second-order valence-corrected chi connectivity index (χ2v) is 11.6. The summed E-state index contributed by atoms with van der Waals surface area (Å²) < 4.78 is 5.49. The van der Waals surface area contributed by atoms with Crippen LogP contribution in [0.15, 0.2) is 36.4 Å². The number of hydrogen-bond donors (Lipinski definition) is 1. The van der Waals surface area contributed by atoms with Crippen molar-refractivity contribution in [3.05, 3.63) is 42.0 Å². The van der Waals surface area contributed by atoms with Crippen molar-refractivity contribution in [1.82, 2.24) is 10.2 Å². The molecule has 1 aromatic rings. The molecule has 1 heterocycles. The second kappa shape index (κ2) is 8.73. The van der Waals surface area contributed by atoms with E-state index in [1.165, 1.54) is 32.1 Å². The third kappa shape index (κ3) is 3.67. The predicted octanol–water partition coefficient (Wildman–Crippen LogP) is 5.07. The molecule has 0 radical (unpaired) electrons. The van der Waals surface area contributed by atoms with Crippen LogP contribution in [0.1, 0.15) is 69.7 Å². The van der Waals surface area contributed by atoms with Gasteiger partial charge in [0.1, 0.15) is 5.75 Å². The molecule has 34 heavy (non-hydrogen) atoms. The first kappa shape index (κ1) is 23.4. The van der Waals surface area contributed by atoms with Gasteiger partial charge in [-0.2, -0.15) is 0 Å². The van der Waals surface area contributed by atoms with E-state index >= 15 is 0 Å². The highest BCUT2D eigenvalue weighted by Gasteiger charge is 2.60. The molecule has 7 atom stereocenters. The van der Waals surface area contributed by atoms with Crippen molar-refractivity contribution < 1.29 is 14.3 Å². The van der Waals surface area contributed by atoms with Crippen molar-refractivity contribution in [3.63, 3.8) is 0 Å². The molecule has 2 unspecified atom stereocenters. The first-order valence-corrected chi connectivity index (χ1v) is 13.2. The van der Waals surface area contributed by atoms with Crippen LogP contribution in [0.2, 0.25) is 0 Å². The molecule has 0 spiro atoms. The summed E-state index contributed by atoms with van der Waals surface area (Å²) in [5.41, 5.74) is 1.07. The number of likely N-dealkylation sites (N-methyl/N-ethyl adjacent to an activating group) is 1. The SMILES string of the molecule is CCOc1ccc(C(=O)NCC2CC[C@H]3[C@@H]4CCC5N(C)C(=O)C=C[C@]5(C)[C@@H]4CC[C@]23C)cc1. The molecular formula is C29H40N2O3. The van der Waals surface area contributed by atoms with Crippen LogP contribution in [-0.2, 0) is 4.79 Å².